The monoisotopic (exact) mass is 524 g/mol. The predicted molar refractivity (Wildman–Crippen MR) is 127 cm³/mol. The minimum Gasteiger partial charge on any atom is -0.378 e. The van der Waals surface area contributed by atoms with Crippen molar-refractivity contribution in [3.63, 3.8) is 0 Å². The summed E-state index contributed by atoms with van der Waals surface area (Å²) in [6.45, 7) is 5.23. The SMILES string of the molecule is Cc1ccc(F)c(C(C)C(NS(=O)(=O)c2ccc(Cl)c(C(O)C(=O)N(C)C)c2)c2nn[nH]n2)c1C. The summed E-state index contributed by atoms with van der Waals surface area (Å²) in [4.78, 5) is 13.1. The lowest BCUT2D eigenvalue weighted by Crippen LogP contribution is -2.33. The summed E-state index contributed by atoms with van der Waals surface area (Å²) in [5, 5.41) is 24.1. The molecule has 0 spiro atoms. The van der Waals surface area contributed by atoms with E-state index in [1.54, 1.807) is 19.9 Å². The number of benzene rings is 2. The molecule has 1 aromatic heterocycles. The van der Waals surface area contributed by atoms with E-state index in [0.717, 1.165) is 16.5 Å². The molecule has 3 rings (SSSR count). The fraction of sp³-hybridized carbons (Fsp3) is 0.364. The highest BCUT2D eigenvalue weighted by Gasteiger charge is 2.33. The van der Waals surface area contributed by atoms with Crippen molar-refractivity contribution in [3.8, 4) is 0 Å². The van der Waals surface area contributed by atoms with Crippen molar-refractivity contribution in [3.05, 3.63) is 69.2 Å². The van der Waals surface area contributed by atoms with E-state index < -0.39 is 39.8 Å². The second-order valence-corrected chi connectivity index (χ2v) is 10.5. The molecule has 1 heterocycles. The van der Waals surface area contributed by atoms with Crippen LogP contribution < -0.4 is 4.72 Å². The summed E-state index contributed by atoms with van der Waals surface area (Å²) in [6.07, 6.45) is -1.66. The Kier molecular flexibility index (Phi) is 7.90. The summed E-state index contributed by atoms with van der Waals surface area (Å²) in [5.74, 6) is -1.88. The van der Waals surface area contributed by atoms with Gasteiger partial charge in [-0.05, 0) is 54.8 Å². The number of carbonyl (C=O) groups excluding carboxylic acids is 1. The van der Waals surface area contributed by atoms with Gasteiger partial charge in [0.15, 0.2) is 11.9 Å². The van der Waals surface area contributed by atoms with Gasteiger partial charge in [-0.1, -0.05) is 29.8 Å². The van der Waals surface area contributed by atoms with Crippen molar-refractivity contribution >= 4 is 27.5 Å². The standard InChI is InChI=1S/C22H26ClFN6O4S/c1-11-6-9-17(24)18(12(11)2)13(3)19(21-25-28-29-26-21)27-35(33,34)14-7-8-16(23)15(10-14)20(31)22(32)30(4)5/h6-10,13,19-20,27,31H,1-5H3,(H,25,26,28,29). The van der Waals surface area contributed by atoms with E-state index in [-0.39, 0.29) is 21.3 Å². The molecule has 2 aromatic carbocycles. The minimum absolute atomic E-state index is 0.0124. The topological polar surface area (TPSA) is 141 Å². The van der Waals surface area contributed by atoms with E-state index in [2.05, 4.69) is 25.3 Å². The average Bonchev–Trinajstić information content (AvgIpc) is 3.34. The van der Waals surface area contributed by atoms with Gasteiger partial charge in [-0.3, -0.25) is 4.79 Å². The zero-order valence-corrected chi connectivity index (χ0v) is 21.3. The molecule has 3 N–H and O–H groups in total. The van der Waals surface area contributed by atoms with Crippen molar-refractivity contribution in [2.45, 2.75) is 43.7 Å². The van der Waals surface area contributed by atoms with E-state index in [9.17, 15) is 22.7 Å². The maximum atomic E-state index is 14.8. The third-order valence-corrected chi connectivity index (χ3v) is 7.64. The molecule has 0 saturated heterocycles. The second kappa shape index (κ2) is 10.4. The molecular weight excluding hydrogens is 499 g/mol. The van der Waals surface area contributed by atoms with Gasteiger partial charge in [0.25, 0.3) is 5.91 Å². The number of aromatic nitrogens is 4. The molecule has 13 heteroatoms. The Balaban J connectivity index is 2.04. The van der Waals surface area contributed by atoms with Gasteiger partial charge in [-0.2, -0.15) is 9.94 Å². The van der Waals surface area contributed by atoms with Gasteiger partial charge in [-0.15, -0.1) is 10.2 Å². The smallest absolute Gasteiger partial charge is 0.255 e. The van der Waals surface area contributed by atoms with Crippen LogP contribution in [0.3, 0.4) is 0 Å². The molecule has 3 unspecified atom stereocenters. The molecule has 10 nitrogen and oxygen atoms in total. The fourth-order valence-corrected chi connectivity index (χ4v) is 5.25. The quantitative estimate of drug-likeness (QED) is 0.411. The summed E-state index contributed by atoms with van der Waals surface area (Å²) in [7, 11) is -1.38. The van der Waals surface area contributed by atoms with Gasteiger partial charge in [0, 0.05) is 30.6 Å². The van der Waals surface area contributed by atoms with Crippen LogP contribution in [0.15, 0.2) is 35.2 Å². The number of rotatable bonds is 8. The van der Waals surface area contributed by atoms with Gasteiger partial charge in [0.2, 0.25) is 10.0 Å². The van der Waals surface area contributed by atoms with E-state index in [0.29, 0.717) is 11.1 Å². The number of H-pyrrole nitrogens is 1. The fourth-order valence-electron chi connectivity index (χ4n) is 3.72. The molecule has 0 aliphatic rings. The van der Waals surface area contributed by atoms with Gasteiger partial charge in [-0.25, -0.2) is 12.8 Å². The van der Waals surface area contributed by atoms with E-state index in [1.807, 2.05) is 6.92 Å². The number of aliphatic hydroxyl groups is 1. The predicted octanol–water partition coefficient (Wildman–Crippen LogP) is 2.55. The van der Waals surface area contributed by atoms with Crippen molar-refractivity contribution in [1.82, 2.24) is 30.2 Å². The molecule has 3 aromatic rings. The van der Waals surface area contributed by atoms with Gasteiger partial charge in [0.05, 0.1) is 10.9 Å². The van der Waals surface area contributed by atoms with E-state index >= 15 is 0 Å². The molecule has 0 radical (unpaired) electrons. The number of nitrogens with one attached hydrogen (secondary N) is 2. The van der Waals surface area contributed by atoms with Gasteiger partial charge >= 0.3 is 0 Å². The highest BCUT2D eigenvalue weighted by atomic mass is 35.5. The first-order valence-corrected chi connectivity index (χ1v) is 12.4. The Morgan fingerprint density at radius 3 is 2.51 bits per heavy atom. The minimum atomic E-state index is -4.28. The third-order valence-electron chi connectivity index (χ3n) is 5.86. The summed E-state index contributed by atoms with van der Waals surface area (Å²) < 4.78 is 44.1. The molecule has 0 fully saturated rings. The molecule has 0 saturated carbocycles. The number of likely N-dealkylation sites (N-methyl/N-ethyl adjacent to an activating group) is 1. The van der Waals surface area contributed by atoms with Crippen LogP contribution in [-0.4, -0.2) is 59.1 Å². The zero-order chi connectivity index (χ0) is 26.1. The molecule has 188 valence electrons. The number of tetrazole rings is 1. The van der Waals surface area contributed by atoms with Crippen LogP contribution in [-0.2, 0) is 14.8 Å². The Labute approximate surface area is 207 Å². The lowest BCUT2D eigenvalue weighted by Gasteiger charge is -2.25. The van der Waals surface area contributed by atoms with Crippen LogP contribution in [0.2, 0.25) is 5.02 Å². The molecule has 1 amide bonds. The number of amides is 1. The number of hydrogen-bond acceptors (Lipinski definition) is 7. The maximum absolute atomic E-state index is 14.8. The molecule has 0 bridgehead atoms. The van der Waals surface area contributed by atoms with Gasteiger partial charge in [0.1, 0.15) is 5.82 Å². The van der Waals surface area contributed by atoms with E-state index in [1.165, 1.54) is 32.3 Å². The molecule has 3 atom stereocenters. The number of aromatic amines is 1. The van der Waals surface area contributed by atoms with Gasteiger partial charge < -0.3 is 10.0 Å². The normalized spacial score (nSPS) is 14.4. The third kappa shape index (κ3) is 5.50. The number of aliphatic hydroxyl groups excluding tert-OH is 1. The average molecular weight is 525 g/mol. The number of carbonyl (C=O) groups is 1. The molecule has 35 heavy (non-hydrogen) atoms. The molecule has 0 aliphatic heterocycles. The van der Waals surface area contributed by atoms with Crippen molar-refractivity contribution < 1.29 is 22.7 Å². The number of halogens is 2. The largest absolute Gasteiger partial charge is 0.378 e. The Morgan fingerprint density at radius 2 is 1.91 bits per heavy atom. The zero-order valence-electron chi connectivity index (χ0n) is 19.7. The van der Waals surface area contributed by atoms with Crippen LogP contribution in [0.1, 0.15) is 53.1 Å². The Bertz CT molecular complexity index is 1330. The van der Waals surface area contributed by atoms with Crippen molar-refractivity contribution in [1.29, 1.82) is 0 Å². The lowest BCUT2D eigenvalue weighted by molar-refractivity contribution is -0.137. The first-order chi connectivity index (χ1) is 16.3. The first-order valence-electron chi connectivity index (χ1n) is 10.5. The Morgan fingerprint density at radius 1 is 1.23 bits per heavy atom. The Hall–Kier alpha value is -2.93. The summed E-state index contributed by atoms with van der Waals surface area (Å²) in [6, 6.07) is 5.50. The van der Waals surface area contributed by atoms with Crippen LogP contribution >= 0.6 is 11.6 Å². The number of nitrogens with zero attached hydrogens (tertiary/aromatic N) is 4. The summed E-state index contributed by atoms with van der Waals surface area (Å²) >= 11 is 6.14. The van der Waals surface area contributed by atoms with Crippen LogP contribution in [0.25, 0.3) is 0 Å². The van der Waals surface area contributed by atoms with Crippen LogP contribution in [0.4, 0.5) is 4.39 Å². The number of sulfonamides is 1. The maximum Gasteiger partial charge on any atom is 0.255 e. The van der Waals surface area contributed by atoms with Crippen LogP contribution in [0, 0.1) is 19.7 Å². The molecular formula is C22H26ClFN6O4S. The highest BCUT2D eigenvalue weighted by molar-refractivity contribution is 7.89. The second-order valence-electron chi connectivity index (χ2n) is 8.38. The molecule has 0 aliphatic carbocycles. The van der Waals surface area contributed by atoms with E-state index in [4.69, 9.17) is 11.6 Å². The highest BCUT2D eigenvalue weighted by Crippen LogP contribution is 2.35. The lowest BCUT2D eigenvalue weighted by atomic mass is 9.88. The van der Waals surface area contributed by atoms with Crippen molar-refractivity contribution in [2.24, 2.45) is 0 Å². The first kappa shape index (κ1) is 26.7. The number of hydrogen-bond donors (Lipinski definition) is 3. The van der Waals surface area contributed by atoms with Crippen molar-refractivity contribution in [2.75, 3.05) is 14.1 Å². The summed E-state index contributed by atoms with van der Waals surface area (Å²) in [5.41, 5.74) is 1.75. The van der Waals surface area contributed by atoms with Crippen LogP contribution in [0.5, 0.6) is 0 Å². The number of aryl methyl sites for hydroxylation is 1.